The van der Waals surface area contributed by atoms with E-state index in [1.54, 1.807) is 6.92 Å². The van der Waals surface area contributed by atoms with Gasteiger partial charge in [0.15, 0.2) is 0 Å². The predicted molar refractivity (Wildman–Crippen MR) is 88.5 cm³/mol. The molecule has 1 aromatic rings. The van der Waals surface area contributed by atoms with Crippen molar-refractivity contribution in [3.63, 3.8) is 0 Å². The van der Waals surface area contributed by atoms with Crippen LogP contribution in [0.5, 0.6) is 0 Å². The number of aldehydes is 1. The molecule has 1 aromatic heterocycles. The molecule has 0 spiro atoms. The smallest absolute Gasteiger partial charge is 0.249 e. The number of amides is 1. The number of hydrogen-bond donors (Lipinski definition) is 1. The van der Waals surface area contributed by atoms with Crippen LogP contribution >= 0.6 is 0 Å². The van der Waals surface area contributed by atoms with Crippen molar-refractivity contribution in [2.24, 2.45) is 5.41 Å². The van der Waals surface area contributed by atoms with E-state index < -0.39 is 11.1 Å². The summed E-state index contributed by atoms with van der Waals surface area (Å²) < 4.78 is 1.23. The Kier molecular flexibility index (Phi) is 8.03. The molecule has 7 nitrogen and oxygen atoms in total. The van der Waals surface area contributed by atoms with Crippen LogP contribution in [0, 0.1) is 12.3 Å². The van der Waals surface area contributed by atoms with Crippen molar-refractivity contribution in [3.05, 3.63) is 28.0 Å². The molecular weight excluding hydrogens is 480 g/mol. The molecule has 0 bridgehead atoms. The molecule has 0 aromatic carbocycles. The molecule has 2 N–H and O–H groups in total. The van der Waals surface area contributed by atoms with Gasteiger partial charge in [-0.3, -0.25) is 9.59 Å². The zero-order valence-corrected chi connectivity index (χ0v) is 17.7. The number of hydrogen-bond acceptors (Lipinski definition) is 4. The first-order valence-electron chi connectivity index (χ1n) is 7.50. The van der Waals surface area contributed by atoms with Gasteiger partial charge in [0, 0.05) is 44.5 Å². The van der Waals surface area contributed by atoms with Gasteiger partial charge in [-0.1, -0.05) is 20.0 Å². The Hall–Kier alpha value is -1.49. The van der Waals surface area contributed by atoms with Gasteiger partial charge in [0.2, 0.25) is 11.5 Å². The maximum Gasteiger partial charge on any atom is 0.249 e. The zero-order valence-electron chi connectivity index (χ0n) is 14.8. The third kappa shape index (κ3) is 6.55. The van der Waals surface area contributed by atoms with Gasteiger partial charge in [-0.05, 0) is 32.6 Å². The van der Waals surface area contributed by atoms with Crippen LogP contribution in [0.15, 0.2) is 11.0 Å². The van der Waals surface area contributed by atoms with E-state index in [2.05, 4.69) is 10.3 Å². The largest absolute Gasteiger partial charge is 0.478 e. The third-order valence-corrected chi connectivity index (χ3v) is 3.59. The first-order valence-corrected chi connectivity index (χ1v) is 7.50. The van der Waals surface area contributed by atoms with Gasteiger partial charge in [0.1, 0.15) is 12.8 Å². The van der Waals surface area contributed by atoms with Crippen molar-refractivity contribution < 1.29 is 30.7 Å². The molecule has 0 saturated carbocycles. The van der Waals surface area contributed by atoms with E-state index in [1.807, 2.05) is 27.7 Å². The molecule has 134 valence electrons. The average Bonchev–Trinajstić information content (AvgIpc) is 2.37. The molecular formula is C16H25N4O3W-. The second kappa shape index (κ2) is 8.56. The summed E-state index contributed by atoms with van der Waals surface area (Å²) in [5, 5.41) is 2.90. The number of aromatic nitrogens is 2. The number of carbonyl (C=O) groups is 2. The molecule has 0 radical (unpaired) electrons. The van der Waals surface area contributed by atoms with Crippen molar-refractivity contribution in [2.45, 2.75) is 59.5 Å². The molecule has 0 atom stereocenters. The first-order chi connectivity index (χ1) is 10.5. The fraction of sp³-hybridized carbons (Fsp3) is 0.625. The minimum atomic E-state index is -0.584. The summed E-state index contributed by atoms with van der Waals surface area (Å²) in [6.45, 7) is 9.22. The third-order valence-electron chi connectivity index (χ3n) is 3.59. The van der Waals surface area contributed by atoms with Crippen molar-refractivity contribution in [1.29, 1.82) is 0 Å². The van der Waals surface area contributed by atoms with Gasteiger partial charge in [-0.2, -0.15) is 0 Å². The molecule has 0 unspecified atom stereocenters. The van der Waals surface area contributed by atoms with Crippen molar-refractivity contribution in [2.75, 3.05) is 0 Å². The van der Waals surface area contributed by atoms with Gasteiger partial charge in [-0.25, -0.2) is 0 Å². The molecule has 1 heterocycles. The molecule has 0 aliphatic heterocycles. The van der Waals surface area contributed by atoms with Gasteiger partial charge in [-0.15, -0.1) is 0 Å². The average molecular weight is 505 g/mol. The summed E-state index contributed by atoms with van der Waals surface area (Å²) in [6, 6.07) is 0. The van der Waals surface area contributed by atoms with Crippen molar-refractivity contribution in [3.8, 4) is 0 Å². The van der Waals surface area contributed by atoms with Crippen molar-refractivity contribution >= 4 is 18.0 Å². The van der Waals surface area contributed by atoms with Crippen LogP contribution in [0.25, 0.3) is 5.73 Å². The van der Waals surface area contributed by atoms with E-state index >= 15 is 0 Å². The maximum absolute atomic E-state index is 12.3. The number of nitrogens with zero attached hydrogens (tertiary/aromatic N) is 2. The van der Waals surface area contributed by atoms with Gasteiger partial charge in [0.05, 0.1) is 0 Å². The molecule has 0 aliphatic carbocycles. The van der Waals surface area contributed by atoms with Crippen LogP contribution in [-0.4, -0.2) is 27.3 Å². The van der Waals surface area contributed by atoms with Crippen LogP contribution in [0.2, 0.25) is 0 Å². The number of nitrogens with one attached hydrogen (secondary N) is 2. The Morgan fingerprint density at radius 3 is 2.50 bits per heavy atom. The summed E-state index contributed by atoms with van der Waals surface area (Å²) in [5.74, 6) is -0.692. The topological polar surface area (TPSA) is 105 Å². The summed E-state index contributed by atoms with van der Waals surface area (Å²) in [5.41, 5.74) is 6.64. The molecule has 8 heteroatoms. The second-order valence-corrected chi connectivity index (χ2v) is 7.28. The van der Waals surface area contributed by atoms with Gasteiger partial charge < -0.3 is 25.4 Å². The monoisotopic (exact) mass is 505 g/mol. The zero-order chi connectivity index (χ0) is 17.8. The van der Waals surface area contributed by atoms with Crippen LogP contribution < -0.4 is 10.9 Å². The quantitative estimate of drug-likeness (QED) is 0.574. The Labute approximate surface area is 156 Å². The molecule has 1 rings (SSSR count). The maximum atomic E-state index is 12.3. The summed E-state index contributed by atoms with van der Waals surface area (Å²) in [4.78, 5) is 38.6. The van der Waals surface area contributed by atoms with E-state index in [4.69, 9.17) is 5.73 Å². The standard InChI is InChI=1S/C16H26N4O3.W/c1-11-8-18-13(17)14(23)20(11)9-12(22)19-16(4,5)10-15(2,3)6-7-21;/h7-8H,6,9-10H2,1-5H3,(H3,17,18,19,22);/p-1. The first kappa shape index (κ1) is 22.5. The minimum Gasteiger partial charge on any atom is -0.478 e. The van der Waals surface area contributed by atoms with E-state index in [1.165, 1.54) is 10.8 Å². The fourth-order valence-corrected chi connectivity index (χ4v) is 2.87. The Morgan fingerprint density at radius 2 is 1.96 bits per heavy atom. The second-order valence-electron chi connectivity index (χ2n) is 7.28. The fourth-order valence-electron chi connectivity index (χ4n) is 2.87. The van der Waals surface area contributed by atoms with Crippen LogP contribution in [0.3, 0.4) is 0 Å². The van der Waals surface area contributed by atoms with E-state index in [0.717, 1.165) is 6.29 Å². The van der Waals surface area contributed by atoms with E-state index in [-0.39, 0.29) is 44.8 Å². The number of aryl methyl sites for hydroxylation is 1. The Bertz CT molecular complexity index is 653. The normalized spacial score (nSPS) is 11.5. The molecule has 1 amide bonds. The van der Waals surface area contributed by atoms with Gasteiger partial charge >= 0.3 is 0 Å². The van der Waals surface area contributed by atoms with Crippen molar-refractivity contribution in [1.82, 2.24) is 14.9 Å². The molecule has 24 heavy (non-hydrogen) atoms. The summed E-state index contributed by atoms with van der Waals surface area (Å²) >= 11 is 0. The van der Waals surface area contributed by atoms with Crippen LogP contribution in [-0.2, 0) is 37.2 Å². The number of rotatable bonds is 7. The Balaban J connectivity index is 0.00000529. The van der Waals surface area contributed by atoms with E-state index in [9.17, 15) is 14.4 Å². The van der Waals surface area contributed by atoms with E-state index in [0.29, 0.717) is 18.5 Å². The molecule has 0 fully saturated rings. The Morgan fingerprint density at radius 1 is 1.38 bits per heavy atom. The molecule has 0 saturated heterocycles. The van der Waals surface area contributed by atoms with Crippen LogP contribution in [0.4, 0.5) is 5.82 Å². The summed E-state index contributed by atoms with van der Waals surface area (Å²) in [6.07, 6.45) is 3.32. The summed E-state index contributed by atoms with van der Waals surface area (Å²) in [7, 11) is 0. The number of carbonyl (C=O) groups excluding carboxylic acids is 2. The minimum absolute atomic E-state index is 0. The van der Waals surface area contributed by atoms with Crippen LogP contribution in [0.1, 0.15) is 46.2 Å². The SMILES string of the molecule is Cc1cnc([NH-])c(=O)n1CC(=O)NC(C)(C)CC(C)(C)CC=O.[W]. The molecule has 0 aliphatic rings. The van der Waals surface area contributed by atoms with Gasteiger partial charge in [0.25, 0.3) is 0 Å². The predicted octanol–water partition coefficient (Wildman–Crippen LogP) is 2.13.